The van der Waals surface area contributed by atoms with E-state index in [1.165, 1.54) is 0 Å². The minimum Gasteiger partial charge on any atom is -0.478 e. The van der Waals surface area contributed by atoms with Gasteiger partial charge in [0.1, 0.15) is 18.3 Å². The first-order valence-corrected chi connectivity index (χ1v) is 7.00. The van der Waals surface area contributed by atoms with Gasteiger partial charge in [0.25, 0.3) is 5.91 Å². The van der Waals surface area contributed by atoms with E-state index in [1.807, 2.05) is 0 Å². The minimum absolute atomic E-state index is 0.0180. The molecule has 0 rings (SSSR count). The fraction of sp³-hybridized carbons (Fsp3) is 0.615. The number of aliphatic hydroxyl groups is 5. The van der Waals surface area contributed by atoms with Crippen molar-refractivity contribution in [3.63, 3.8) is 0 Å². The maximum absolute atomic E-state index is 11.5. The van der Waals surface area contributed by atoms with Crippen LogP contribution in [-0.4, -0.2) is 92.5 Å². The fourth-order valence-electron chi connectivity index (χ4n) is 1.50. The predicted octanol–water partition coefficient (Wildman–Crippen LogP) is -4.31. The monoisotopic (exact) mass is 350 g/mol. The van der Waals surface area contributed by atoms with Gasteiger partial charge in [0, 0.05) is 25.2 Å². The highest BCUT2D eigenvalue weighted by Crippen LogP contribution is 2.05. The van der Waals surface area contributed by atoms with E-state index in [2.05, 4.69) is 10.6 Å². The van der Waals surface area contributed by atoms with Crippen LogP contribution in [0.5, 0.6) is 0 Å². The minimum atomic E-state index is -2.02. The molecule has 11 heteroatoms. The van der Waals surface area contributed by atoms with Crippen molar-refractivity contribution in [2.45, 2.75) is 30.8 Å². The van der Waals surface area contributed by atoms with E-state index < -0.39 is 48.8 Å². The highest BCUT2D eigenvalue weighted by molar-refractivity contribution is 5.93. The molecule has 11 nitrogen and oxygen atoms in total. The number of carbonyl (C=O) groups excluding carboxylic acids is 2. The Morgan fingerprint density at radius 3 is 2.04 bits per heavy atom. The largest absolute Gasteiger partial charge is 0.478 e. The first kappa shape index (κ1) is 21.9. The van der Waals surface area contributed by atoms with Crippen molar-refractivity contribution < 1.29 is 45.0 Å². The van der Waals surface area contributed by atoms with Gasteiger partial charge in [-0.25, -0.2) is 4.79 Å². The Morgan fingerprint density at radius 2 is 1.50 bits per heavy atom. The molecule has 0 aromatic carbocycles. The molecule has 24 heavy (non-hydrogen) atoms. The molecule has 0 fully saturated rings. The molecule has 0 bridgehead atoms. The molecule has 0 aliphatic heterocycles. The van der Waals surface area contributed by atoms with E-state index in [1.54, 1.807) is 0 Å². The highest BCUT2D eigenvalue weighted by atomic mass is 16.4. The molecule has 0 saturated carbocycles. The zero-order chi connectivity index (χ0) is 18.7. The fourth-order valence-corrected chi connectivity index (χ4v) is 1.50. The van der Waals surface area contributed by atoms with Crippen molar-refractivity contribution >= 4 is 17.8 Å². The summed E-state index contributed by atoms with van der Waals surface area (Å²) in [4.78, 5) is 32.8. The van der Waals surface area contributed by atoms with Crippen molar-refractivity contribution in [1.82, 2.24) is 10.6 Å². The Hall–Kier alpha value is -2.05. The smallest absolute Gasteiger partial charge is 0.328 e. The lowest BCUT2D eigenvalue weighted by Crippen LogP contribution is -2.51. The van der Waals surface area contributed by atoms with Crippen molar-refractivity contribution in [2.24, 2.45) is 0 Å². The highest BCUT2D eigenvalue weighted by Gasteiger charge is 2.33. The van der Waals surface area contributed by atoms with Gasteiger partial charge >= 0.3 is 5.97 Å². The Kier molecular flexibility index (Phi) is 10.5. The van der Waals surface area contributed by atoms with Crippen LogP contribution in [0.25, 0.3) is 0 Å². The van der Waals surface area contributed by atoms with Crippen LogP contribution >= 0.6 is 0 Å². The molecule has 0 heterocycles. The summed E-state index contributed by atoms with van der Waals surface area (Å²) in [5, 5.41) is 59.0. The summed E-state index contributed by atoms with van der Waals surface area (Å²) in [5.41, 5.74) is 0. The molecule has 0 aliphatic carbocycles. The lowest BCUT2D eigenvalue weighted by atomic mass is 10.0. The molecule has 0 radical (unpaired) electrons. The molecule has 0 aromatic rings. The van der Waals surface area contributed by atoms with Gasteiger partial charge in [0.05, 0.1) is 6.61 Å². The lowest BCUT2D eigenvalue weighted by Gasteiger charge is -2.24. The van der Waals surface area contributed by atoms with Gasteiger partial charge < -0.3 is 41.3 Å². The third kappa shape index (κ3) is 8.55. The van der Waals surface area contributed by atoms with Crippen LogP contribution in [0.4, 0.5) is 0 Å². The molecule has 138 valence electrons. The van der Waals surface area contributed by atoms with Crippen molar-refractivity contribution in [3.8, 4) is 0 Å². The zero-order valence-electron chi connectivity index (χ0n) is 12.7. The number of aliphatic hydroxyl groups excluding tert-OH is 5. The number of aliphatic carboxylic acids is 1. The number of carboxylic acids is 1. The molecule has 8 N–H and O–H groups in total. The number of carbonyl (C=O) groups is 3. The van der Waals surface area contributed by atoms with E-state index in [0.717, 1.165) is 6.08 Å². The van der Waals surface area contributed by atoms with E-state index in [9.17, 15) is 29.7 Å². The van der Waals surface area contributed by atoms with Gasteiger partial charge in [-0.15, -0.1) is 0 Å². The Bertz CT molecular complexity index is 455. The average molecular weight is 350 g/mol. The van der Waals surface area contributed by atoms with Gasteiger partial charge in [0.2, 0.25) is 5.91 Å². The standard InChI is InChI=1S/C13H22N2O9/c16-6-7(17)10(21)11(22)12(23)13(24)15-5-1-4-14-8(18)2-3-9(19)20/h2-3,7,10-12,16-17,21-23H,1,4-6H2,(H,14,18)(H,15,24)(H,19,20)/b3-2-. The first-order valence-electron chi connectivity index (χ1n) is 7.00. The number of hydrogen-bond donors (Lipinski definition) is 8. The molecular weight excluding hydrogens is 328 g/mol. The third-order valence-corrected chi connectivity index (χ3v) is 2.85. The number of rotatable bonds is 11. The van der Waals surface area contributed by atoms with Crippen LogP contribution in [-0.2, 0) is 14.4 Å². The van der Waals surface area contributed by atoms with Gasteiger partial charge in [0.15, 0.2) is 6.10 Å². The summed E-state index contributed by atoms with van der Waals surface area (Å²) in [6.07, 6.45) is -5.88. The van der Waals surface area contributed by atoms with Gasteiger partial charge in [-0.2, -0.15) is 0 Å². The number of nitrogens with one attached hydrogen (secondary N) is 2. The summed E-state index contributed by atoms with van der Waals surface area (Å²) in [7, 11) is 0. The Balaban J connectivity index is 4.05. The number of amides is 2. The van der Waals surface area contributed by atoms with E-state index in [4.69, 9.17) is 15.3 Å². The van der Waals surface area contributed by atoms with Crippen molar-refractivity contribution in [1.29, 1.82) is 0 Å². The summed E-state index contributed by atoms with van der Waals surface area (Å²) >= 11 is 0. The van der Waals surface area contributed by atoms with E-state index >= 15 is 0 Å². The maximum atomic E-state index is 11.5. The third-order valence-electron chi connectivity index (χ3n) is 2.85. The summed E-state index contributed by atoms with van der Waals surface area (Å²) in [6.45, 7) is -0.722. The molecule has 0 spiro atoms. The predicted molar refractivity (Wildman–Crippen MR) is 78.5 cm³/mol. The average Bonchev–Trinajstić information content (AvgIpc) is 2.56. The van der Waals surface area contributed by atoms with E-state index in [-0.39, 0.29) is 19.5 Å². The Morgan fingerprint density at radius 1 is 0.917 bits per heavy atom. The van der Waals surface area contributed by atoms with E-state index in [0.29, 0.717) is 6.08 Å². The van der Waals surface area contributed by atoms with Crippen molar-refractivity contribution in [2.75, 3.05) is 19.7 Å². The van der Waals surface area contributed by atoms with Gasteiger partial charge in [-0.3, -0.25) is 9.59 Å². The molecule has 0 saturated heterocycles. The Labute approximate surface area is 137 Å². The zero-order valence-corrected chi connectivity index (χ0v) is 12.7. The first-order chi connectivity index (χ1) is 11.2. The molecule has 2 amide bonds. The molecule has 0 aromatic heterocycles. The molecule has 0 aliphatic rings. The topological polar surface area (TPSA) is 197 Å². The lowest BCUT2D eigenvalue weighted by molar-refractivity contribution is -0.148. The van der Waals surface area contributed by atoms with Crippen molar-refractivity contribution in [3.05, 3.63) is 12.2 Å². The van der Waals surface area contributed by atoms with Crippen LogP contribution in [0.1, 0.15) is 6.42 Å². The normalized spacial score (nSPS) is 16.2. The van der Waals surface area contributed by atoms with Gasteiger partial charge in [-0.1, -0.05) is 0 Å². The summed E-state index contributed by atoms with van der Waals surface area (Å²) in [6, 6.07) is 0. The SMILES string of the molecule is O=C(O)/C=C\C(=O)NCCCNC(=O)C(O)C(O)C(O)C(O)CO. The quantitative estimate of drug-likeness (QED) is 0.134. The van der Waals surface area contributed by atoms with Crippen LogP contribution in [0.15, 0.2) is 12.2 Å². The second-order valence-corrected chi connectivity index (χ2v) is 4.78. The number of carboxylic acid groups (broad SMARTS) is 1. The second-order valence-electron chi connectivity index (χ2n) is 4.78. The van der Waals surface area contributed by atoms with Gasteiger partial charge in [-0.05, 0) is 6.42 Å². The van der Waals surface area contributed by atoms with Crippen LogP contribution in [0, 0.1) is 0 Å². The molecular formula is C13H22N2O9. The van der Waals surface area contributed by atoms with Crippen LogP contribution in [0.3, 0.4) is 0 Å². The summed E-state index contributed by atoms with van der Waals surface area (Å²) in [5.74, 6) is -2.90. The summed E-state index contributed by atoms with van der Waals surface area (Å²) < 4.78 is 0. The second kappa shape index (κ2) is 11.5. The molecule has 4 unspecified atom stereocenters. The number of hydrogen-bond acceptors (Lipinski definition) is 8. The van der Waals surface area contributed by atoms with Crippen LogP contribution in [0.2, 0.25) is 0 Å². The maximum Gasteiger partial charge on any atom is 0.328 e. The van der Waals surface area contributed by atoms with Crippen LogP contribution < -0.4 is 10.6 Å². The molecule has 4 atom stereocenters.